The third-order valence-electron chi connectivity index (χ3n) is 9.58. The van der Waals surface area contributed by atoms with Gasteiger partial charge < -0.3 is 20.1 Å². The number of nitrogens with one attached hydrogen (secondary N) is 1. The molecule has 3 aromatic carbocycles. The molecule has 0 radical (unpaired) electrons. The Morgan fingerprint density at radius 2 is 1.93 bits per heavy atom. The second kappa shape index (κ2) is 11.4. The standard InChI is InChI=1S/C33H34ClF4N5O2/c1-3-20-15-42(13-17(2)39-20)31-23-11-25(37)27(22-10-21(44)9-18-5-6-24(36)28(34)26(18)22)29(38)30(23)40-32(41-31)45-16-33-7-4-8-43(33)14-19(35)12-33/h5-6,9-11,17,19-20,39,44H,3-4,7-8,12-16H2,1-2H3/t17-,19-,20-,33+/m1/s1. The Hall–Kier alpha value is -3.41. The molecular formula is C33H34ClF4N5O2. The molecule has 7 nitrogen and oxygen atoms in total. The van der Waals surface area contributed by atoms with Crippen LogP contribution in [-0.2, 0) is 0 Å². The molecule has 7 rings (SSSR count). The first-order valence-electron chi connectivity index (χ1n) is 15.4. The Morgan fingerprint density at radius 1 is 1.11 bits per heavy atom. The zero-order chi connectivity index (χ0) is 31.6. The van der Waals surface area contributed by atoms with Crippen molar-refractivity contribution in [1.82, 2.24) is 20.2 Å². The van der Waals surface area contributed by atoms with E-state index in [4.69, 9.17) is 21.3 Å². The summed E-state index contributed by atoms with van der Waals surface area (Å²) in [6, 6.07) is 6.29. The monoisotopic (exact) mass is 643 g/mol. The molecule has 4 aromatic rings. The number of halogens is 5. The third kappa shape index (κ3) is 5.22. The van der Waals surface area contributed by atoms with Crippen LogP contribution in [0.2, 0.25) is 5.02 Å². The van der Waals surface area contributed by atoms with Crippen molar-refractivity contribution in [2.75, 3.05) is 37.7 Å². The van der Waals surface area contributed by atoms with Crippen LogP contribution >= 0.6 is 11.6 Å². The van der Waals surface area contributed by atoms with E-state index in [1.165, 1.54) is 18.2 Å². The highest BCUT2D eigenvalue weighted by Crippen LogP contribution is 2.44. The molecule has 0 aliphatic carbocycles. The van der Waals surface area contributed by atoms with E-state index in [0.29, 0.717) is 37.3 Å². The van der Waals surface area contributed by atoms with E-state index in [0.717, 1.165) is 37.9 Å². The first-order valence-corrected chi connectivity index (χ1v) is 15.8. The van der Waals surface area contributed by atoms with Crippen LogP contribution in [0.15, 0.2) is 30.3 Å². The van der Waals surface area contributed by atoms with Crippen molar-refractivity contribution in [3.63, 3.8) is 0 Å². The molecule has 2 N–H and O–H groups in total. The fraction of sp³-hybridized carbons (Fsp3) is 0.455. The fourth-order valence-electron chi connectivity index (χ4n) is 7.54. The second-order valence-electron chi connectivity index (χ2n) is 12.7. The SMILES string of the molecule is CC[C@@H]1CN(c2nc(OC[C@@]34CCCN3C[C@H](F)C4)nc3c(F)c(-c4cc(O)cc5ccc(F)c(Cl)c45)c(F)cc23)C[C@@H](C)N1. The predicted octanol–water partition coefficient (Wildman–Crippen LogP) is 6.76. The quantitative estimate of drug-likeness (QED) is 0.225. The lowest BCUT2D eigenvalue weighted by molar-refractivity contribution is 0.107. The minimum Gasteiger partial charge on any atom is -0.508 e. The van der Waals surface area contributed by atoms with Gasteiger partial charge in [0.15, 0.2) is 5.82 Å². The van der Waals surface area contributed by atoms with Crippen molar-refractivity contribution < 1.29 is 27.4 Å². The van der Waals surface area contributed by atoms with Crippen LogP contribution in [0.3, 0.4) is 0 Å². The number of benzene rings is 3. The number of fused-ring (bicyclic) bond motifs is 3. The Kier molecular flexibility index (Phi) is 7.69. The smallest absolute Gasteiger partial charge is 0.319 e. The maximum atomic E-state index is 16.8. The topological polar surface area (TPSA) is 73.8 Å². The molecule has 0 unspecified atom stereocenters. The maximum Gasteiger partial charge on any atom is 0.319 e. The highest BCUT2D eigenvalue weighted by Gasteiger charge is 2.49. The molecule has 4 atom stereocenters. The molecule has 3 saturated heterocycles. The van der Waals surface area contributed by atoms with Crippen molar-refractivity contribution in [3.05, 3.63) is 52.8 Å². The van der Waals surface area contributed by atoms with Gasteiger partial charge in [0.05, 0.1) is 16.1 Å². The van der Waals surface area contributed by atoms with Gasteiger partial charge in [0, 0.05) is 54.5 Å². The Morgan fingerprint density at radius 3 is 2.73 bits per heavy atom. The highest BCUT2D eigenvalue weighted by molar-refractivity contribution is 6.37. The van der Waals surface area contributed by atoms with E-state index in [1.54, 1.807) is 0 Å². The number of phenolic OH excluding ortho intramolecular Hbond substituents is 1. The van der Waals surface area contributed by atoms with E-state index in [2.05, 4.69) is 22.1 Å². The molecule has 0 bridgehead atoms. The molecule has 238 valence electrons. The van der Waals surface area contributed by atoms with Crippen molar-refractivity contribution in [2.24, 2.45) is 0 Å². The van der Waals surface area contributed by atoms with Gasteiger partial charge in [-0.1, -0.05) is 24.6 Å². The Bertz CT molecular complexity index is 1810. The van der Waals surface area contributed by atoms with Crippen LogP contribution < -0.4 is 15.0 Å². The maximum absolute atomic E-state index is 16.8. The van der Waals surface area contributed by atoms with Gasteiger partial charge in [0.2, 0.25) is 0 Å². The number of hydrogen-bond acceptors (Lipinski definition) is 7. The van der Waals surface area contributed by atoms with Gasteiger partial charge in [-0.15, -0.1) is 0 Å². The highest BCUT2D eigenvalue weighted by atomic mass is 35.5. The van der Waals surface area contributed by atoms with Gasteiger partial charge in [-0.05, 0) is 62.4 Å². The molecule has 3 aliphatic rings. The molecule has 45 heavy (non-hydrogen) atoms. The summed E-state index contributed by atoms with van der Waals surface area (Å²) >= 11 is 6.32. The van der Waals surface area contributed by atoms with Crippen LogP contribution in [0.5, 0.6) is 11.8 Å². The molecule has 3 aliphatic heterocycles. The summed E-state index contributed by atoms with van der Waals surface area (Å²) in [5.41, 5.74) is -1.30. The summed E-state index contributed by atoms with van der Waals surface area (Å²) < 4.78 is 68.1. The summed E-state index contributed by atoms with van der Waals surface area (Å²) in [5.74, 6) is -2.67. The van der Waals surface area contributed by atoms with Crippen LogP contribution in [0.25, 0.3) is 32.8 Å². The lowest BCUT2D eigenvalue weighted by Crippen LogP contribution is -2.55. The van der Waals surface area contributed by atoms with E-state index >= 15 is 8.78 Å². The second-order valence-corrected chi connectivity index (χ2v) is 13.0. The van der Waals surface area contributed by atoms with Crippen LogP contribution in [0, 0.1) is 17.5 Å². The van der Waals surface area contributed by atoms with E-state index in [9.17, 15) is 13.9 Å². The van der Waals surface area contributed by atoms with Gasteiger partial charge in [0.25, 0.3) is 0 Å². The summed E-state index contributed by atoms with van der Waals surface area (Å²) in [6.07, 6.45) is 1.92. The molecule has 3 fully saturated rings. The largest absolute Gasteiger partial charge is 0.508 e. The fourth-order valence-corrected chi connectivity index (χ4v) is 7.81. The van der Waals surface area contributed by atoms with Gasteiger partial charge in [-0.25, -0.2) is 17.6 Å². The average Bonchev–Trinajstić information content (AvgIpc) is 3.53. The van der Waals surface area contributed by atoms with Gasteiger partial charge in [-0.2, -0.15) is 9.97 Å². The number of alkyl halides is 1. The first kappa shape index (κ1) is 30.3. The van der Waals surface area contributed by atoms with Gasteiger partial charge in [-0.3, -0.25) is 4.90 Å². The first-order chi connectivity index (χ1) is 21.6. The summed E-state index contributed by atoms with van der Waals surface area (Å²) in [6.45, 7) is 6.43. The summed E-state index contributed by atoms with van der Waals surface area (Å²) in [5, 5.41) is 14.2. The molecule has 12 heteroatoms. The minimum absolute atomic E-state index is 0.0570. The third-order valence-corrected chi connectivity index (χ3v) is 9.95. The number of phenols is 1. The summed E-state index contributed by atoms with van der Waals surface area (Å²) in [7, 11) is 0. The van der Waals surface area contributed by atoms with Crippen LogP contribution in [-0.4, -0.2) is 76.6 Å². The lowest BCUT2D eigenvalue weighted by Gasteiger charge is -2.38. The number of piperazine rings is 1. The normalized spacial score (nSPS) is 25.4. The zero-order valence-corrected chi connectivity index (χ0v) is 25.8. The predicted molar refractivity (Wildman–Crippen MR) is 166 cm³/mol. The van der Waals surface area contributed by atoms with Crippen LogP contribution in [0.1, 0.15) is 39.5 Å². The van der Waals surface area contributed by atoms with Crippen molar-refractivity contribution in [1.29, 1.82) is 0 Å². The number of anilines is 1. The molecule has 4 heterocycles. The summed E-state index contributed by atoms with van der Waals surface area (Å²) in [4.78, 5) is 13.2. The Labute approximate surface area is 263 Å². The van der Waals surface area contributed by atoms with E-state index in [1.807, 2.05) is 11.8 Å². The number of ether oxygens (including phenoxy) is 1. The molecule has 0 saturated carbocycles. The average molecular weight is 644 g/mol. The number of hydrogen-bond donors (Lipinski definition) is 2. The molecule has 1 aromatic heterocycles. The van der Waals surface area contributed by atoms with Crippen molar-refractivity contribution in [3.8, 4) is 22.9 Å². The number of rotatable bonds is 6. The van der Waals surface area contributed by atoms with Crippen molar-refractivity contribution in [2.45, 2.75) is 63.3 Å². The molecular weight excluding hydrogens is 610 g/mol. The van der Waals surface area contributed by atoms with E-state index in [-0.39, 0.29) is 57.3 Å². The zero-order valence-electron chi connectivity index (χ0n) is 25.0. The van der Waals surface area contributed by atoms with Gasteiger partial charge >= 0.3 is 6.01 Å². The number of aromatic nitrogens is 2. The molecule has 0 spiro atoms. The van der Waals surface area contributed by atoms with E-state index < -0.39 is 34.7 Å². The minimum atomic E-state index is -1.02. The number of aromatic hydroxyl groups is 1. The van der Waals surface area contributed by atoms with Gasteiger partial charge in [0.1, 0.15) is 41.5 Å². The number of nitrogens with zero attached hydrogens (tertiary/aromatic N) is 4. The Balaban J connectivity index is 1.40. The van der Waals surface area contributed by atoms with Crippen molar-refractivity contribution >= 4 is 39.1 Å². The lowest BCUT2D eigenvalue weighted by atomic mass is 9.95. The van der Waals surface area contributed by atoms with Crippen LogP contribution in [0.4, 0.5) is 23.4 Å². The molecule has 0 amide bonds.